The van der Waals surface area contributed by atoms with Crippen molar-refractivity contribution in [2.75, 3.05) is 7.11 Å². The molecule has 0 saturated carbocycles. The zero-order valence-electron chi connectivity index (χ0n) is 10.8. The number of H-pyrrole nitrogens is 1. The number of hydrogen-bond donors (Lipinski definition) is 1. The fourth-order valence-corrected chi connectivity index (χ4v) is 2.47. The molecule has 0 aliphatic rings. The fraction of sp³-hybridized carbons (Fsp3) is 0.133. The first-order valence-electron chi connectivity index (χ1n) is 6.05. The van der Waals surface area contributed by atoms with Crippen LogP contribution in [0, 0.1) is 11.7 Å². The van der Waals surface area contributed by atoms with Gasteiger partial charge in [0.25, 0.3) is 0 Å². The van der Waals surface area contributed by atoms with E-state index in [4.69, 9.17) is 17.0 Å². The Bertz CT molecular complexity index is 784. The number of nitrogens with one attached hydrogen (secondary N) is 1. The van der Waals surface area contributed by atoms with E-state index in [1.165, 1.54) is 5.56 Å². The Morgan fingerprint density at radius 2 is 1.84 bits per heavy atom. The summed E-state index contributed by atoms with van der Waals surface area (Å²) >= 11 is 5.41. The average molecular weight is 270 g/mol. The molecule has 0 radical (unpaired) electrons. The van der Waals surface area contributed by atoms with Crippen LogP contribution in [0.2, 0.25) is 0 Å². The van der Waals surface area contributed by atoms with Crippen molar-refractivity contribution in [1.82, 2.24) is 9.55 Å². The first kappa shape index (κ1) is 12.0. The van der Waals surface area contributed by atoms with Crippen molar-refractivity contribution in [3.63, 3.8) is 0 Å². The molecular formula is C15H14N2OS. The zero-order valence-corrected chi connectivity index (χ0v) is 11.6. The van der Waals surface area contributed by atoms with Gasteiger partial charge in [-0.2, -0.15) is 0 Å². The van der Waals surface area contributed by atoms with Gasteiger partial charge in [-0.15, -0.1) is 0 Å². The maximum Gasteiger partial charge on any atom is 0.182 e. The first-order chi connectivity index (χ1) is 9.19. The molecular weight excluding hydrogens is 256 g/mol. The highest BCUT2D eigenvalue weighted by Gasteiger charge is 2.07. The smallest absolute Gasteiger partial charge is 0.182 e. The van der Waals surface area contributed by atoms with Crippen LogP contribution in [-0.2, 0) is 0 Å². The van der Waals surface area contributed by atoms with Gasteiger partial charge in [0, 0.05) is 11.8 Å². The number of ether oxygens (including phenoxy) is 1. The summed E-state index contributed by atoms with van der Waals surface area (Å²) in [6.45, 7) is 2.07. The van der Waals surface area contributed by atoms with E-state index in [1.54, 1.807) is 7.11 Å². The molecule has 3 rings (SSSR count). The zero-order chi connectivity index (χ0) is 13.4. The van der Waals surface area contributed by atoms with Gasteiger partial charge in [-0.25, -0.2) is 0 Å². The summed E-state index contributed by atoms with van der Waals surface area (Å²) in [5.41, 5.74) is 4.31. The topological polar surface area (TPSA) is 29.9 Å². The van der Waals surface area contributed by atoms with Crippen LogP contribution in [0.3, 0.4) is 0 Å². The lowest BCUT2D eigenvalue weighted by Crippen LogP contribution is -1.94. The number of rotatable bonds is 2. The monoisotopic (exact) mass is 270 g/mol. The number of aryl methyl sites for hydroxylation is 1. The first-order valence-corrected chi connectivity index (χ1v) is 6.45. The van der Waals surface area contributed by atoms with Crippen LogP contribution in [0.15, 0.2) is 42.5 Å². The normalized spacial score (nSPS) is 10.8. The van der Waals surface area contributed by atoms with Crippen LogP contribution in [0.1, 0.15) is 5.56 Å². The standard InChI is InChI=1S/C15H14N2OS/c1-10-3-5-11(6-4-10)17-14-9-12(18-2)7-8-13(14)16-15(17)19/h3-9H,1-2H3,(H,16,19). The van der Waals surface area contributed by atoms with Crippen molar-refractivity contribution in [1.29, 1.82) is 0 Å². The molecule has 3 nitrogen and oxygen atoms in total. The van der Waals surface area contributed by atoms with E-state index < -0.39 is 0 Å². The maximum atomic E-state index is 5.41. The minimum atomic E-state index is 0.687. The second kappa shape index (κ2) is 4.55. The highest BCUT2D eigenvalue weighted by atomic mass is 32.1. The average Bonchev–Trinajstić information content (AvgIpc) is 2.75. The molecule has 0 saturated heterocycles. The van der Waals surface area contributed by atoms with Crippen molar-refractivity contribution in [3.05, 3.63) is 52.8 Å². The third kappa shape index (κ3) is 2.04. The lowest BCUT2D eigenvalue weighted by atomic mass is 10.2. The molecule has 96 valence electrons. The van der Waals surface area contributed by atoms with E-state index in [0.717, 1.165) is 22.5 Å². The van der Waals surface area contributed by atoms with Gasteiger partial charge in [-0.3, -0.25) is 4.57 Å². The molecule has 0 spiro atoms. The highest BCUT2D eigenvalue weighted by Crippen LogP contribution is 2.24. The molecule has 0 unspecified atom stereocenters. The quantitative estimate of drug-likeness (QED) is 0.713. The molecule has 1 N–H and O–H groups in total. The Labute approximate surface area is 116 Å². The second-order valence-electron chi connectivity index (χ2n) is 4.48. The van der Waals surface area contributed by atoms with Gasteiger partial charge in [0.2, 0.25) is 0 Å². The summed E-state index contributed by atoms with van der Waals surface area (Å²) in [4.78, 5) is 3.21. The van der Waals surface area contributed by atoms with Crippen LogP contribution < -0.4 is 4.74 Å². The number of benzene rings is 2. The predicted octanol–water partition coefficient (Wildman–Crippen LogP) is 4.01. The number of fused-ring (bicyclic) bond motifs is 1. The number of aromatic amines is 1. The molecule has 0 aliphatic heterocycles. The van der Waals surface area contributed by atoms with E-state index in [1.807, 2.05) is 22.8 Å². The minimum absolute atomic E-state index is 0.687. The van der Waals surface area contributed by atoms with E-state index in [-0.39, 0.29) is 0 Å². The third-order valence-corrected chi connectivity index (χ3v) is 3.47. The van der Waals surface area contributed by atoms with Gasteiger partial charge in [0.05, 0.1) is 18.1 Å². The number of hydrogen-bond acceptors (Lipinski definition) is 2. The summed E-state index contributed by atoms with van der Waals surface area (Å²) in [6, 6.07) is 14.2. The van der Waals surface area contributed by atoms with Crippen LogP contribution in [-0.4, -0.2) is 16.7 Å². The lowest BCUT2D eigenvalue weighted by molar-refractivity contribution is 0.415. The summed E-state index contributed by atoms with van der Waals surface area (Å²) in [5, 5.41) is 0. The lowest BCUT2D eigenvalue weighted by Gasteiger charge is -2.06. The summed E-state index contributed by atoms with van der Waals surface area (Å²) in [7, 11) is 1.67. The van der Waals surface area contributed by atoms with Crippen molar-refractivity contribution in [3.8, 4) is 11.4 Å². The van der Waals surface area contributed by atoms with Gasteiger partial charge in [-0.1, -0.05) is 17.7 Å². The van der Waals surface area contributed by atoms with Crippen LogP contribution in [0.5, 0.6) is 5.75 Å². The molecule has 3 aromatic rings. The Hall–Kier alpha value is -2.07. The Kier molecular flexibility index (Phi) is 2.87. The fourth-order valence-electron chi connectivity index (χ4n) is 2.16. The van der Waals surface area contributed by atoms with Crippen LogP contribution in [0.25, 0.3) is 16.7 Å². The molecule has 0 aliphatic carbocycles. The maximum absolute atomic E-state index is 5.41. The van der Waals surface area contributed by atoms with Gasteiger partial charge in [-0.05, 0) is 43.4 Å². The van der Waals surface area contributed by atoms with Gasteiger partial charge >= 0.3 is 0 Å². The number of imidazole rings is 1. The molecule has 1 heterocycles. The molecule has 1 aromatic heterocycles. The Balaban J connectivity index is 2.30. The Morgan fingerprint density at radius 3 is 2.53 bits per heavy atom. The van der Waals surface area contributed by atoms with Crippen molar-refractivity contribution >= 4 is 23.3 Å². The van der Waals surface area contributed by atoms with Crippen molar-refractivity contribution in [2.45, 2.75) is 6.92 Å². The summed E-state index contributed by atoms with van der Waals surface area (Å²) < 4.78 is 7.99. The number of aromatic nitrogens is 2. The van der Waals surface area contributed by atoms with E-state index in [9.17, 15) is 0 Å². The van der Waals surface area contributed by atoms with Crippen molar-refractivity contribution < 1.29 is 4.74 Å². The molecule has 0 amide bonds. The molecule has 4 heteroatoms. The van der Waals surface area contributed by atoms with Crippen LogP contribution in [0.4, 0.5) is 0 Å². The molecule has 0 atom stereocenters. The second-order valence-corrected chi connectivity index (χ2v) is 4.87. The van der Waals surface area contributed by atoms with Gasteiger partial charge < -0.3 is 9.72 Å². The van der Waals surface area contributed by atoms with Gasteiger partial charge in [0.15, 0.2) is 4.77 Å². The summed E-state index contributed by atoms with van der Waals surface area (Å²) in [6.07, 6.45) is 0. The Morgan fingerprint density at radius 1 is 1.11 bits per heavy atom. The molecule has 19 heavy (non-hydrogen) atoms. The highest BCUT2D eigenvalue weighted by molar-refractivity contribution is 7.71. The van der Waals surface area contributed by atoms with Gasteiger partial charge in [0.1, 0.15) is 5.75 Å². The largest absolute Gasteiger partial charge is 0.497 e. The number of nitrogens with zero attached hydrogens (tertiary/aromatic N) is 1. The minimum Gasteiger partial charge on any atom is -0.497 e. The van der Waals surface area contributed by atoms with Crippen molar-refractivity contribution in [2.24, 2.45) is 0 Å². The van der Waals surface area contributed by atoms with E-state index in [2.05, 4.69) is 36.2 Å². The third-order valence-electron chi connectivity index (χ3n) is 3.18. The molecule has 0 bridgehead atoms. The van der Waals surface area contributed by atoms with Crippen LogP contribution >= 0.6 is 12.2 Å². The van der Waals surface area contributed by atoms with E-state index in [0.29, 0.717) is 4.77 Å². The molecule has 0 fully saturated rings. The SMILES string of the molecule is COc1ccc2[nH]c(=S)n(-c3ccc(C)cc3)c2c1. The number of methoxy groups -OCH3 is 1. The predicted molar refractivity (Wildman–Crippen MR) is 79.7 cm³/mol. The van der Waals surface area contributed by atoms with E-state index >= 15 is 0 Å². The molecule has 2 aromatic carbocycles. The summed E-state index contributed by atoms with van der Waals surface area (Å²) in [5.74, 6) is 0.822.